The second-order valence-electron chi connectivity index (χ2n) is 2.77. The van der Waals surface area contributed by atoms with Gasteiger partial charge in [-0.3, -0.25) is 8.42 Å². The van der Waals surface area contributed by atoms with Crippen LogP contribution in [0, 0.1) is 0 Å². The van der Waals surface area contributed by atoms with E-state index in [1.165, 1.54) is 0 Å². The van der Waals surface area contributed by atoms with Crippen molar-refractivity contribution in [2.24, 2.45) is 0 Å². The molecule has 13 heteroatoms. The van der Waals surface area contributed by atoms with Gasteiger partial charge in [-0.2, -0.15) is 0 Å². The summed E-state index contributed by atoms with van der Waals surface area (Å²) >= 11 is 0. The summed E-state index contributed by atoms with van der Waals surface area (Å²) < 4.78 is 34.1. The van der Waals surface area contributed by atoms with E-state index in [-0.39, 0.29) is 65.4 Å². The molecule has 0 bridgehead atoms. The molecule has 0 radical (unpaired) electrons. The predicted molar refractivity (Wildman–Crippen MR) is 47.7 cm³/mol. The number of aliphatic hydroxyl groups is 5. The van der Waals surface area contributed by atoms with E-state index >= 15 is 0 Å². The summed E-state index contributed by atoms with van der Waals surface area (Å²) in [6, 6.07) is 0. The van der Waals surface area contributed by atoms with Gasteiger partial charge in [0.2, 0.25) is 0 Å². The monoisotopic (exact) mass is 322 g/mol. The Morgan fingerprint density at radius 3 is 1.53 bits per heavy atom. The van der Waals surface area contributed by atoms with Crippen LogP contribution in [-0.4, -0.2) is 80.4 Å². The summed E-state index contributed by atoms with van der Waals surface area (Å²) in [4.78, 5) is 9.90. The van der Waals surface area contributed by atoms with Crippen LogP contribution >= 0.6 is 0 Å². The van der Waals surface area contributed by atoms with Crippen molar-refractivity contribution in [1.82, 2.24) is 0 Å². The zero-order valence-electron chi connectivity index (χ0n) is 10.3. The molecule has 0 aliphatic heterocycles. The SMILES string of the molecule is O=C[C@H](O)[C@@H](O)[C@H](O)[C@H](O)CO.O=S(=O)([O-])[O-].[Na+].[Na+]. The molecule has 0 aliphatic carbocycles. The molecule has 0 aromatic carbocycles. The van der Waals surface area contributed by atoms with Crippen LogP contribution in [0.5, 0.6) is 0 Å². The molecule has 0 saturated heterocycles. The molecule has 0 heterocycles. The van der Waals surface area contributed by atoms with Gasteiger partial charge in [-0.15, -0.1) is 0 Å². The average Bonchev–Trinajstić information content (AvgIpc) is 2.22. The number of hydrogen-bond donors (Lipinski definition) is 5. The summed E-state index contributed by atoms with van der Waals surface area (Å²) in [5, 5.41) is 43.5. The molecule has 4 atom stereocenters. The summed E-state index contributed by atoms with van der Waals surface area (Å²) in [7, 11) is -5.17. The molecule has 0 aromatic rings. The molecular formula is C6H12Na2O10S. The van der Waals surface area contributed by atoms with E-state index in [1.54, 1.807) is 0 Å². The zero-order valence-corrected chi connectivity index (χ0v) is 15.1. The first kappa shape index (κ1) is 28.5. The van der Waals surface area contributed by atoms with Gasteiger partial charge < -0.3 is 39.4 Å². The van der Waals surface area contributed by atoms with E-state index in [2.05, 4.69) is 0 Å². The van der Waals surface area contributed by atoms with E-state index in [1.807, 2.05) is 0 Å². The molecule has 19 heavy (non-hydrogen) atoms. The Kier molecular flexibility index (Phi) is 21.4. The van der Waals surface area contributed by atoms with Crippen LogP contribution in [0.25, 0.3) is 0 Å². The van der Waals surface area contributed by atoms with Gasteiger partial charge in [-0.25, -0.2) is 0 Å². The van der Waals surface area contributed by atoms with Gasteiger partial charge in [0.25, 0.3) is 0 Å². The smallest absolute Gasteiger partial charge is 0.759 e. The summed E-state index contributed by atoms with van der Waals surface area (Å²) in [6.45, 7) is -0.760. The first-order chi connectivity index (χ1) is 7.54. The van der Waals surface area contributed by atoms with Crippen LogP contribution in [0.1, 0.15) is 0 Å². The predicted octanol–water partition coefficient (Wildman–Crippen LogP) is -10.7. The average molecular weight is 322 g/mol. The minimum absolute atomic E-state index is 0. The Balaban J connectivity index is -0.000000139. The third kappa shape index (κ3) is 19.3. The number of rotatable bonds is 5. The van der Waals surface area contributed by atoms with E-state index in [0.717, 1.165) is 0 Å². The quantitative estimate of drug-likeness (QED) is 0.140. The Bertz CT molecular complexity index is 301. The first-order valence-corrected chi connectivity index (χ1v) is 5.33. The third-order valence-corrected chi connectivity index (χ3v) is 1.42. The van der Waals surface area contributed by atoms with Gasteiger partial charge in [-0.05, 0) is 0 Å². The number of aliphatic hydroxyl groups excluding tert-OH is 5. The maximum absolute atomic E-state index is 9.90. The maximum Gasteiger partial charge on any atom is 1.00 e. The second-order valence-corrected chi connectivity index (χ2v) is 3.58. The number of aldehydes is 1. The summed E-state index contributed by atoms with van der Waals surface area (Å²) in [5.41, 5.74) is 0. The summed E-state index contributed by atoms with van der Waals surface area (Å²) in [5.74, 6) is 0. The maximum atomic E-state index is 9.90. The molecule has 0 amide bonds. The van der Waals surface area contributed by atoms with Gasteiger partial charge in [0.15, 0.2) is 6.29 Å². The van der Waals surface area contributed by atoms with Gasteiger partial charge in [0, 0.05) is 10.4 Å². The second kappa shape index (κ2) is 14.3. The van der Waals surface area contributed by atoms with Crippen LogP contribution in [0.15, 0.2) is 0 Å². The number of carbonyl (C=O) groups excluding carboxylic acids is 1. The number of hydrogen-bond acceptors (Lipinski definition) is 10. The minimum Gasteiger partial charge on any atom is -0.759 e. The van der Waals surface area contributed by atoms with E-state index < -0.39 is 41.4 Å². The van der Waals surface area contributed by atoms with Crippen molar-refractivity contribution < 1.29 is 107 Å². The van der Waals surface area contributed by atoms with E-state index in [4.69, 9.17) is 43.1 Å². The first-order valence-electron chi connectivity index (χ1n) is 3.99. The van der Waals surface area contributed by atoms with Crippen molar-refractivity contribution in [2.75, 3.05) is 6.61 Å². The van der Waals surface area contributed by atoms with Gasteiger partial charge in [-0.1, -0.05) is 0 Å². The molecule has 0 spiro atoms. The molecule has 10 nitrogen and oxygen atoms in total. The molecule has 104 valence electrons. The van der Waals surface area contributed by atoms with E-state index in [9.17, 15) is 4.79 Å². The normalized spacial score (nSPS) is 16.4. The van der Waals surface area contributed by atoms with Crippen LogP contribution in [0.3, 0.4) is 0 Å². The fourth-order valence-corrected chi connectivity index (χ4v) is 0.618. The van der Waals surface area contributed by atoms with Crippen LogP contribution in [0.4, 0.5) is 0 Å². The molecule has 0 fully saturated rings. The van der Waals surface area contributed by atoms with Crippen molar-refractivity contribution in [3.05, 3.63) is 0 Å². The van der Waals surface area contributed by atoms with Gasteiger partial charge in [0.05, 0.1) is 6.61 Å². The van der Waals surface area contributed by atoms with Crippen LogP contribution in [-0.2, 0) is 15.2 Å². The number of carbonyl (C=O) groups is 1. The molecular weight excluding hydrogens is 310 g/mol. The van der Waals surface area contributed by atoms with Crippen LogP contribution < -0.4 is 59.1 Å². The van der Waals surface area contributed by atoms with E-state index in [0.29, 0.717) is 0 Å². The molecule has 0 unspecified atom stereocenters. The molecule has 0 aliphatic rings. The Hall–Kier alpha value is 1.34. The van der Waals surface area contributed by atoms with Crippen molar-refractivity contribution in [3.8, 4) is 0 Å². The van der Waals surface area contributed by atoms with Gasteiger partial charge in [0.1, 0.15) is 24.4 Å². The molecule has 0 saturated carbocycles. The summed E-state index contributed by atoms with van der Waals surface area (Å²) in [6.07, 6.45) is -6.84. The zero-order chi connectivity index (χ0) is 14.2. The molecule has 5 N–H and O–H groups in total. The van der Waals surface area contributed by atoms with Crippen molar-refractivity contribution in [2.45, 2.75) is 24.4 Å². The minimum atomic E-state index is -5.17. The fourth-order valence-electron chi connectivity index (χ4n) is 0.618. The van der Waals surface area contributed by atoms with Crippen molar-refractivity contribution in [1.29, 1.82) is 0 Å². The molecule has 0 rings (SSSR count). The largest absolute Gasteiger partial charge is 1.00 e. The topological polar surface area (TPSA) is 198 Å². The Morgan fingerprint density at radius 1 is 1.00 bits per heavy atom. The van der Waals surface area contributed by atoms with Gasteiger partial charge >= 0.3 is 59.1 Å². The van der Waals surface area contributed by atoms with Crippen LogP contribution in [0.2, 0.25) is 0 Å². The fraction of sp³-hybridized carbons (Fsp3) is 0.833. The Labute approximate surface area is 153 Å². The van der Waals surface area contributed by atoms with Crippen molar-refractivity contribution in [3.63, 3.8) is 0 Å². The Morgan fingerprint density at radius 2 is 1.32 bits per heavy atom. The standard InChI is InChI=1S/C6H12O6.2Na.H2O4S/c7-1-3(9)5(11)6(12)4(10)2-8;;;1-5(2,3)4/h1,3-6,8-12H,2H2;;;(H2,1,2,3,4)/q;2*+1;/p-2/t3-,4+,5+,6+;;;/m0.../s1. The third-order valence-electron chi connectivity index (χ3n) is 1.42. The molecule has 0 aromatic heterocycles. The van der Waals surface area contributed by atoms with Crippen molar-refractivity contribution >= 4 is 16.7 Å².